The van der Waals surface area contributed by atoms with E-state index in [1.807, 2.05) is 6.07 Å². The Morgan fingerprint density at radius 3 is 3.06 bits per heavy atom. The molecule has 1 aromatic rings. The minimum Gasteiger partial charge on any atom is -0.370 e. The second-order valence-electron chi connectivity index (χ2n) is 4.84. The summed E-state index contributed by atoms with van der Waals surface area (Å²) in [6, 6.07) is 5.51. The Morgan fingerprint density at radius 1 is 1.50 bits per heavy atom. The van der Waals surface area contributed by atoms with E-state index in [1.165, 1.54) is 18.9 Å². The van der Waals surface area contributed by atoms with Crippen molar-refractivity contribution in [2.45, 2.75) is 32.2 Å². The highest BCUT2D eigenvalue weighted by Crippen LogP contribution is 2.24. The maximum Gasteiger partial charge on any atom is 0.141 e. The minimum absolute atomic E-state index is 0.205. The summed E-state index contributed by atoms with van der Waals surface area (Å²) in [6.07, 6.45) is 3.45. The summed E-state index contributed by atoms with van der Waals surface area (Å²) in [6.45, 7) is 5.22. The smallest absolute Gasteiger partial charge is 0.141 e. The summed E-state index contributed by atoms with van der Waals surface area (Å²) < 4.78 is 13.2. The van der Waals surface area contributed by atoms with Gasteiger partial charge in [-0.05, 0) is 37.6 Å². The molecule has 2 nitrogen and oxygen atoms in total. The number of halogens is 2. The van der Waals surface area contributed by atoms with Crippen LogP contribution in [0, 0.1) is 5.82 Å². The average Bonchev–Trinajstić information content (AvgIpc) is 2.59. The van der Waals surface area contributed by atoms with Crippen LogP contribution >= 0.6 is 11.6 Å². The van der Waals surface area contributed by atoms with Crippen LogP contribution in [0.25, 0.3) is 0 Å². The Labute approximate surface area is 113 Å². The SMILES string of the molecule is CCCC1CN(c2ccc(F)c(Cl)c2)CCCN1. The van der Waals surface area contributed by atoms with E-state index in [0.29, 0.717) is 6.04 Å². The lowest BCUT2D eigenvalue weighted by Crippen LogP contribution is -2.37. The van der Waals surface area contributed by atoms with E-state index in [2.05, 4.69) is 17.1 Å². The van der Waals surface area contributed by atoms with Crippen LogP contribution in [0.3, 0.4) is 0 Å². The highest BCUT2D eigenvalue weighted by atomic mass is 35.5. The highest BCUT2D eigenvalue weighted by molar-refractivity contribution is 6.31. The molecule has 1 heterocycles. The molecule has 0 saturated carbocycles. The van der Waals surface area contributed by atoms with Gasteiger partial charge in [0.15, 0.2) is 0 Å². The number of nitrogens with one attached hydrogen (secondary N) is 1. The van der Waals surface area contributed by atoms with E-state index in [9.17, 15) is 4.39 Å². The molecule has 0 bridgehead atoms. The predicted molar refractivity (Wildman–Crippen MR) is 74.9 cm³/mol. The molecule has 0 amide bonds. The molecule has 1 N–H and O–H groups in total. The summed E-state index contributed by atoms with van der Waals surface area (Å²) in [5, 5.41) is 3.76. The molecule has 0 radical (unpaired) electrons. The van der Waals surface area contributed by atoms with Crippen molar-refractivity contribution in [2.75, 3.05) is 24.5 Å². The van der Waals surface area contributed by atoms with Crippen molar-refractivity contribution in [2.24, 2.45) is 0 Å². The third kappa shape index (κ3) is 3.36. The fraction of sp³-hybridized carbons (Fsp3) is 0.571. The largest absolute Gasteiger partial charge is 0.370 e. The number of benzene rings is 1. The maximum absolute atomic E-state index is 13.2. The van der Waals surface area contributed by atoms with E-state index in [1.54, 1.807) is 6.07 Å². The Hall–Kier alpha value is -0.800. The number of hydrogen-bond donors (Lipinski definition) is 1. The molecule has 100 valence electrons. The Bertz CT molecular complexity index is 397. The lowest BCUT2D eigenvalue weighted by molar-refractivity contribution is 0.502. The molecule has 0 aliphatic carbocycles. The fourth-order valence-electron chi connectivity index (χ4n) is 2.46. The van der Waals surface area contributed by atoms with Gasteiger partial charge in [-0.25, -0.2) is 4.39 Å². The first-order valence-electron chi connectivity index (χ1n) is 6.64. The van der Waals surface area contributed by atoms with Gasteiger partial charge in [-0.15, -0.1) is 0 Å². The van der Waals surface area contributed by atoms with E-state index in [-0.39, 0.29) is 10.8 Å². The third-order valence-corrected chi connectivity index (χ3v) is 3.67. The van der Waals surface area contributed by atoms with Crippen molar-refractivity contribution >= 4 is 17.3 Å². The van der Waals surface area contributed by atoms with Crippen LogP contribution < -0.4 is 10.2 Å². The van der Waals surface area contributed by atoms with Crippen LogP contribution in [-0.2, 0) is 0 Å². The molecule has 1 atom stereocenters. The molecular weight excluding hydrogens is 251 g/mol. The van der Waals surface area contributed by atoms with Gasteiger partial charge in [0.2, 0.25) is 0 Å². The van der Waals surface area contributed by atoms with Crippen molar-refractivity contribution in [1.82, 2.24) is 5.32 Å². The van der Waals surface area contributed by atoms with Gasteiger partial charge in [0.05, 0.1) is 5.02 Å². The topological polar surface area (TPSA) is 15.3 Å². The van der Waals surface area contributed by atoms with Gasteiger partial charge in [-0.2, -0.15) is 0 Å². The molecular formula is C14H20ClFN2. The Balaban J connectivity index is 2.12. The molecule has 1 saturated heterocycles. The van der Waals surface area contributed by atoms with E-state index in [0.717, 1.165) is 31.7 Å². The van der Waals surface area contributed by atoms with Crippen molar-refractivity contribution in [3.63, 3.8) is 0 Å². The van der Waals surface area contributed by atoms with Gasteiger partial charge in [0.25, 0.3) is 0 Å². The molecule has 4 heteroatoms. The second-order valence-corrected chi connectivity index (χ2v) is 5.24. The number of anilines is 1. The summed E-state index contributed by atoms with van der Waals surface area (Å²) in [5.41, 5.74) is 1.02. The first-order valence-corrected chi connectivity index (χ1v) is 7.02. The number of rotatable bonds is 3. The van der Waals surface area contributed by atoms with Crippen LogP contribution in [0.4, 0.5) is 10.1 Å². The third-order valence-electron chi connectivity index (χ3n) is 3.38. The predicted octanol–water partition coefficient (Wildman–Crippen LogP) is 3.45. The van der Waals surface area contributed by atoms with Crippen LogP contribution in [0.1, 0.15) is 26.2 Å². The molecule has 1 aliphatic heterocycles. The van der Waals surface area contributed by atoms with E-state index >= 15 is 0 Å². The quantitative estimate of drug-likeness (QED) is 0.905. The van der Waals surface area contributed by atoms with Gasteiger partial charge in [0.1, 0.15) is 5.82 Å². The average molecular weight is 271 g/mol. The van der Waals surface area contributed by atoms with E-state index in [4.69, 9.17) is 11.6 Å². The van der Waals surface area contributed by atoms with Crippen molar-refractivity contribution < 1.29 is 4.39 Å². The molecule has 18 heavy (non-hydrogen) atoms. The minimum atomic E-state index is -0.349. The first-order chi connectivity index (χ1) is 8.70. The standard InChI is InChI=1S/C14H20ClFN2/c1-2-4-11-10-18(8-3-7-17-11)12-5-6-14(16)13(15)9-12/h5-6,9,11,17H,2-4,7-8,10H2,1H3. The molecule has 1 aliphatic rings. The molecule has 1 unspecified atom stereocenters. The molecule has 1 fully saturated rings. The van der Waals surface area contributed by atoms with Crippen LogP contribution in [0.15, 0.2) is 18.2 Å². The zero-order valence-corrected chi connectivity index (χ0v) is 11.5. The lowest BCUT2D eigenvalue weighted by Gasteiger charge is -2.26. The molecule has 0 aromatic heterocycles. The second kappa shape index (κ2) is 6.39. The number of hydrogen-bond acceptors (Lipinski definition) is 2. The van der Waals surface area contributed by atoms with Crippen molar-refractivity contribution in [1.29, 1.82) is 0 Å². The van der Waals surface area contributed by atoms with Gasteiger partial charge in [0, 0.05) is 24.8 Å². The summed E-state index contributed by atoms with van der Waals surface area (Å²) >= 11 is 5.85. The fourth-order valence-corrected chi connectivity index (χ4v) is 2.63. The van der Waals surface area contributed by atoms with Gasteiger partial charge >= 0.3 is 0 Å². The Kier molecular flexibility index (Phi) is 4.84. The van der Waals surface area contributed by atoms with Crippen LogP contribution in [0.2, 0.25) is 5.02 Å². The van der Waals surface area contributed by atoms with Crippen molar-refractivity contribution in [3.8, 4) is 0 Å². The summed E-state index contributed by atoms with van der Waals surface area (Å²) in [5.74, 6) is -0.349. The van der Waals surface area contributed by atoms with Gasteiger partial charge < -0.3 is 10.2 Å². The lowest BCUT2D eigenvalue weighted by atomic mass is 10.1. The van der Waals surface area contributed by atoms with Crippen molar-refractivity contribution in [3.05, 3.63) is 29.0 Å². The van der Waals surface area contributed by atoms with Gasteiger partial charge in [-0.1, -0.05) is 24.9 Å². The zero-order valence-electron chi connectivity index (χ0n) is 10.8. The Morgan fingerprint density at radius 2 is 2.33 bits per heavy atom. The van der Waals surface area contributed by atoms with Crippen LogP contribution in [-0.4, -0.2) is 25.7 Å². The first kappa shape index (κ1) is 13.6. The monoisotopic (exact) mass is 270 g/mol. The summed E-state index contributed by atoms with van der Waals surface area (Å²) in [4.78, 5) is 2.30. The molecule has 1 aromatic carbocycles. The highest BCUT2D eigenvalue weighted by Gasteiger charge is 2.17. The number of nitrogens with zero attached hydrogens (tertiary/aromatic N) is 1. The van der Waals surface area contributed by atoms with E-state index < -0.39 is 0 Å². The summed E-state index contributed by atoms with van der Waals surface area (Å²) in [7, 11) is 0. The molecule has 0 spiro atoms. The zero-order chi connectivity index (χ0) is 13.0. The maximum atomic E-state index is 13.2. The van der Waals surface area contributed by atoms with Crippen LogP contribution in [0.5, 0.6) is 0 Å². The molecule has 2 rings (SSSR count). The van der Waals surface area contributed by atoms with Gasteiger partial charge in [-0.3, -0.25) is 0 Å². The normalized spacial score (nSPS) is 20.8.